The van der Waals surface area contributed by atoms with Crippen LogP contribution in [0.2, 0.25) is 0 Å². The van der Waals surface area contributed by atoms with Crippen LogP contribution in [0.1, 0.15) is 32.6 Å². The van der Waals surface area contributed by atoms with Crippen LogP contribution in [-0.4, -0.2) is 44.3 Å². The van der Waals surface area contributed by atoms with E-state index in [4.69, 9.17) is 10.5 Å². The Morgan fingerprint density at radius 2 is 2.41 bits per heavy atom. The first-order chi connectivity index (χ1) is 8.18. The van der Waals surface area contributed by atoms with E-state index in [1.165, 1.54) is 0 Å². The van der Waals surface area contributed by atoms with Gasteiger partial charge in [-0.2, -0.15) is 0 Å². The zero-order chi connectivity index (χ0) is 12.5. The third-order valence-electron chi connectivity index (χ3n) is 2.98. The van der Waals surface area contributed by atoms with Gasteiger partial charge >= 0.3 is 0 Å². The number of primary amides is 1. The molecule has 0 aromatic heterocycles. The highest BCUT2D eigenvalue weighted by Gasteiger charge is 2.15. The maximum absolute atomic E-state index is 10.5. The molecule has 4 N–H and O–H groups in total. The van der Waals surface area contributed by atoms with Gasteiger partial charge in [-0.15, -0.1) is 0 Å². The number of ether oxygens (including phenoxy) is 1. The number of carbonyl (C=O) groups excluding carboxylic acids is 1. The van der Waals surface area contributed by atoms with Crippen LogP contribution in [0.3, 0.4) is 0 Å². The normalized spacial score (nSPS) is 22.3. The molecule has 100 valence electrons. The highest BCUT2D eigenvalue weighted by molar-refractivity contribution is 5.73. The molecule has 2 unspecified atom stereocenters. The molecule has 1 amide bonds. The van der Waals surface area contributed by atoms with Crippen molar-refractivity contribution in [2.45, 2.75) is 44.7 Å². The van der Waals surface area contributed by atoms with E-state index in [9.17, 15) is 4.79 Å². The van der Waals surface area contributed by atoms with Crippen molar-refractivity contribution >= 4 is 5.91 Å². The van der Waals surface area contributed by atoms with E-state index in [0.717, 1.165) is 45.6 Å². The zero-order valence-electron chi connectivity index (χ0n) is 10.7. The lowest BCUT2D eigenvalue weighted by atomic mass is 10.1. The van der Waals surface area contributed by atoms with Crippen LogP contribution in [-0.2, 0) is 9.53 Å². The molecule has 1 aliphatic heterocycles. The number of morpholine rings is 1. The molecule has 5 nitrogen and oxygen atoms in total. The second-order valence-corrected chi connectivity index (χ2v) is 4.74. The van der Waals surface area contributed by atoms with E-state index in [1.807, 2.05) is 0 Å². The van der Waals surface area contributed by atoms with Crippen molar-refractivity contribution in [1.82, 2.24) is 10.6 Å². The first-order valence-electron chi connectivity index (χ1n) is 6.51. The summed E-state index contributed by atoms with van der Waals surface area (Å²) in [5.41, 5.74) is 5.08. The van der Waals surface area contributed by atoms with Crippen LogP contribution in [0, 0.1) is 0 Å². The molecule has 1 fully saturated rings. The number of hydrogen-bond acceptors (Lipinski definition) is 4. The summed E-state index contributed by atoms with van der Waals surface area (Å²) in [6, 6.07) is 0.944. The largest absolute Gasteiger partial charge is 0.379 e. The Bertz CT molecular complexity index is 218. The first kappa shape index (κ1) is 14.4. The third kappa shape index (κ3) is 7.31. The van der Waals surface area contributed by atoms with Crippen LogP contribution in [0.25, 0.3) is 0 Å². The second kappa shape index (κ2) is 8.44. The average Bonchev–Trinajstić information content (AvgIpc) is 2.29. The Balaban J connectivity index is 1.96. The van der Waals surface area contributed by atoms with Crippen molar-refractivity contribution in [3.63, 3.8) is 0 Å². The molecule has 0 aliphatic carbocycles. The fourth-order valence-electron chi connectivity index (χ4n) is 2.05. The van der Waals surface area contributed by atoms with Gasteiger partial charge in [0.1, 0.15) is 0 Å². The van der Waals surface area contributed by atoms with Crippen molar-refractivity contribution in [3.8, 4) is 0 Å². The molecule has 1 aliphatic rings. The van der Waals surface area contributed by atoms with E-state index in [2.05, 4.69) is 17.6 Å². The van der Waals surface area contributed by atoms with E-state index >= 15 is 0 Å². The summed E-state index contributed by atoms with van der Waals surface area (Å²) >= 11 is 0. The lowest BCUT2D eigenvalue weighted by Crippen LogP contribution is -2.45. The van der Waals surface area contributed by atoms with Gasteiger partial charge in [0, 0.05) is 25.0 Å². The maximum Gasteiger partial charge on any atom is 0.217 e. The lowest BCUT2D eigenvalue weighted by molar-refractivity contribution is -0.118. The minimum atomic E-state index is -0.207. The number of nitrogens with two attached hydrogens (primary N) is 1. The predicted octanol–water partition coefficient (Wildman–Crippen LogP) is -0.00140. The van der Waals surface area contributed by atoms with Crippen LogP contribution < -0.4 is 16.4 Å². The van der Waals surface area contributed by atoms with Gasteiger partial charge in [-0.3, -0.25) is 4.79 Å². The third-order valence-corrected chi connectivity index (χ3v) is 2.98. The fourth-order valence-corrected chi connectivity index (χ4v) is 2.05. The zero-order valence-corrected chi connectivity index (χ0v) is 10.7. The van der Waals surface area contributed by atoms with Gasteiger partial charge in [0.15, 0.2) is 0 Å². The summed E-state index contributed by atoms with van der Waals surface area (Å²) in [6.45, 7) is 5.72. The standard InChI is InChI=1S/C12H25N3O2/c1-10(8-11-9-17-7-6-15-11)14-5-3-2-4-12(13)16/h10-11,14-15H,2-9H2,1H3,(H2,13,16). The summed E-state index contributed by atoms with van der Waals surface area (Å²) in [5, 5.41) is 6.90. The Morgan fingerprint density at radius 3 is 3.06 bits per heavy atom. The van der Waals surface area contributed by atoms with Crippen LogP contribution in [0.4, 0.5) is 0 Å². The van der Waals surface area contributed by atoms with Crippen molar-refractivity contribution in [2.24, 2.45) is 5.73 Å². The van der Waals surface area contributed by atoms with Crippen molar-refractivity contribution in [3.05, 3.63) is 0 Å². The average molecular weight is 243 g/mol. The number of unbranched alkanes of at least 4 members (excludes halogenated alkanes) is 1. The summed E-state index contributed by atoms with van der Waals surface area (Å²) in [6.07, 6.45) is 3.45. The molecule has 17 heavy (non-hydrogen) atoms. The Labute approximate surface area is 103 Å². The molecule has 0 aromatic rings. The SMILES string of the molecule is CC(CC1COCCN1)NCCCCC(N)=O. The van der Waals surface area contributed by atoms with Gasteiger partial charge in [-0.25, -0.2) is 0 Å². The smallest absolute Gasteiger partial charge is 0.217 e. The number of amides is 1. The molecule has 0 radical (unpaired) electrons. The number of hydrogen-bond donors (Lipinski definition) is 3. The monoisotopic (exact) mass is 243 g/mol. The maximum atomic E-state index is 10.5. The highest BCUT2D eigenvalue weighted by atomic mass is 16.5. The molecule has 1 rings (SSSR count). The predicted molar refractivity (Wildman–Crippen MR) is 67.7 cm³/mol. The minimum absolute atomic E-state index is 0.207. The molecular formula is C12H25N3O2. The fraction of sp³-hybridized carbons (Fsp3) is 0.917. The van der Waals surface area contributed by atoms with E-state index in [0.29, 0.717) is 18.5 Å². The van der Waals surface area contributed by atoms with Gasteiger partial charge in [0.25, 0.3) is 0 Å². The van der Waals surface area contributed by atoms with Crippen molar-refractivity contribution in [1.29, 1.82) is 0 Å². The summed E-state index contributed by atoms with van der Waals surface area (Å²) < 4.78 is 5.41. The number of carbonyl (C=O) groups is 1. The molecule has 0 bridgehead atoms. The highest BCUT2D eigenvalue weighted by Crippen LogP contribution is 2.03. The van der Waals surface area contributed by atoms with Gasteiger partial charge < -0.3 is 21.1 Å². The quantitative estimate of drug-likeness (QED) is 0.524. The molecular weight excluding hydrogens is 218 g/mol. The van der Waals surface area contributed by atoms with Crippen LogP contribution >= 0.6 is 0 Å². The molecule has 0 aromatic carbocycles. The number of rotatable bonds is 8. The number of nitrogens with one attached hydrogen (secondary N) is 2. The van der Waals surface area contributed by atoms with Crippen molar-refractivity contribution < 1.29 is 9.53 Å². The molecule has 0 saturated carbocycles. The van der Waals surface area contributed by atoms with Gasteiger partial charge in [0.2, 0.25) is 5.91 Å². The molecule has 1 saturated heterocycles. The van der Waals surface area contributed by atoms with Gasteiger partial charge in [0.05, 0.1) is 13.2 Å². The molecule has 0 spiro atoms. The Morgan fingerprint density at radius 1 is 1.59 bits per heavy atom. The lowest BCUT2D eigenvalue weighted by Gasteiger charge is -2.26. The Kier molecular flexibility index (Phi) is 7.16. The summed E-state index contributed by atoms with van der Waals surface area (Å²) in [7, 11) is 0. The summed E-state index contributed by atoms with van der Waals surface area (Å²) in [4.78, 5) is 10.5. The topological polar surface area (TPSA) is 76.4 Å². The van der Waals surface area contributed by atoms with Gasteiger partial charge in [-0.1, -0.05) is 0 Å². The minimum Gasteiger partial charge on any atom is -0.379 e. The second-order valence-electron chi connectivity index (χ2n) is 4.74. The molecule has 2 atom stereocenters. The van der Waals surface area contributed by atoms with Crippen LogP contribution in [0.5, 0.6) is 0 Å². The van der Waals surface area contributed by atoms with Crippen LogP contribution in [0.15, 0.2) is 0 Å². The molecule has 5 heteroatoms. The van der Waals surface area contributed by atoms with E-state index < -0.39 is 0 Å². The van der Waals surface area contributed by atoms with E-state index in [1.54, 1.807) is 0 Å². The van der Waals surface area contributed by atoms with Gasteiger partial charge in [-0.05, 0) is 32.7 Å². The molecule has 1 heterocycles. The summed E-state index contributed by atoms with van der Waals surface area (Å²) in [5.74, 6) is -0.207. The van der Waals surface area contributed by atoms with E-state index in [-0.39, 0.29) is 5.91 Å². The van der Waals surface area contributed by atoms with Crippen molar-refractivity contribution in [2.75, 3.05) is 26.3 Å². The Hall–Kier alpha value is -0.650. The first-order valence-corrected chi connectivity index (χ1v) is 6.51.